The fourth-order valence-corrected chi connectivity index (χ4v) is 2.60. The van der Waals surface area contributed by atoms with Gasteiger partial charge in [0.1, 0.15) is 0 Å². The van der Waals surface area contributed by atoms with Crippen LogP contribution in [0.15, 0.2) is 0 Å². The van der Waals surface area contributed by atoms with Gasteiger partial charge in [0, 0.05) is 0 Å². The summed E-state index contributed by atoms with van der Waals surface area (Å²) in [5, 5.41) is 0. The maximum Gasteiger partial charge on any atom is 0.158 e. The van der Waals surface area contributed by atoms with Gasteiger partial charge in [0.05, 0.1) is 37.2 Å². The van der Waals surface area contributed by atoms with E-state index in [1.807, 2.05) is 0 Å². The highest BCUT2D eigenvalue weighted by Crippen LogP contribution is 2.21. The Morgan fingerprint density at radius 1 is 0.737 bits per heavy atom. The molecule has 2 heterocycles. The molecule has 4 atom stereocenters. The van der Waals surface area contributed by atoms with Crippen LogP contribution >= 0.6 is 23.2 Å². The first-order valence-corrected chi connectivity index (χ1v) is 8.04. The lowest BCUT2D eigenvalue weighted by Gasteiger charge is -2.11. The van der Waals surface area contributed by atoms with Crippen molar-refractivity contribution in [3.63, 3.8) is 0 Å². The summed E-state index contributed by atoms with van der Waals surface area (Å²) in [5.74, 6) is 1.02. The minimum atomic E-state index is -0.0663. The van der Waals surface area contributed by atoms with E-state index in [-0.39, 0.29) is 24.8 Å². The molecule has 0 aromatic rings. The fourth-order valence-electron chi connectivity index (χ4n) is 2.28. The summed E-state index contributed by atoms with van der Waals surface area (Å²) >= 11 is 11.4. The molecule has 0 spiro atoms. The summed E-state index contributed by atoms with van der Waals surface area (Å²) in [7, 11) is 0. The van der Waals surface area contributed by atoms with Crippen molar-refractivity contribution < 1.29 is 18.9 Å². The predicted octanol–water partition coefficient (Wildman–Crippen LogP) is 2.90. The molecule has 112 valence electrons. The zero-order valence-corrected chi connectivity index (χ0v) is 12.6. The van der Waals surface area contributed by atoms with Gasteiger partial charge in [0.2, 0.25) is 0 Å². The largest absolute Gasteiger partial charge is 0.350 e. The van der Waals surface area contributed by atoms with Crippen molar-refractivity contribution in [2.24, 2.45) is 0 Å². The van der Waals surface area contributed by atoms with E-state index >= 15 is 0 Å². The van der Waals surface area contributed by atoms with Crippen molar-refractivity contribution in [2.45, 2.75) is 56.9 Å². The third-order valence-corrected chi connectivity index (χ3v) is 4.04. The van der Waals surface area contributed by atoms with Gasteiger partial charge in [-0.2, -0.15) is 0 Å². The molecule has 0 aromatic heterocycles. The van der Waals surface area contributed by atoms with Gasteiger partial charge in [-0.1, -0.05) is 6.42 Å². The second kappa shape index (κ2) is 8.65. The van der Waals surface area contributed by atoms with E-state index < -0.39 is 0 Å². The number of alkyl halides is 2. The lowest BCUT2D eigenvalue weighted by Crippen LogP contribution is -2.14. The van der Waals surface area contributed by atoms with Crippen LogP contribution in [-0.2, 0) is 18.9 Å². The summed E-state index contributed by atoms with van der Waals surface area (Å²) in [5.41, 5.74) is 0. The Morgan fingerprint density at radius 2 is 1.21 bits per heavy atom. The fraction of sp³-hybridized carbons (Fsp3) is 1.00. The molecule has 0 saturated carbocycles. The maximum absolute atomic E-state index is 5.71. The topological polar surface area (TPSA) is 36.9 Å². The van der Waals surface area contributed by atoms with Gasteiger partial charge in [-0.3, -0.25) is 0 Å². The van der Waals surface area contributed by atoms with Gasteiger partial charge < -0.3 is 18.9 Å². The van der Waals surface area contributed by atoms with E-state index in [4.69, 9.17) is 42.1 Å². The smallest absolute Gasteiger partial charge is 0.158 e. The van der Waals surface area contributed by atoms with Gasteiger partial charge >= 0.3 is 0 Å². The van der Waals surface area contributed by atoms with Crippen LogP contribution in [0.1, 0.15) is 32.1 Å². The van der Waals surface area contributed by atoms with E-state index in [0.717, 1.165) is 32.1 Å². The van der Waals surface area contributed by atoms with Crippen molar-refractivity contribution in [1.29, 1.82) is 0 Å². The Hall–Kier alpha value is 0.420. The van der Waals surface area contributed by atoms with Gasteiger partial charge in [-0.15, -0.1) is 23.2 Å². The summed E-state index contributed by atoms with van der Waals surface area (Å²) < 4.78 is 22.2. The lowest BCUT2D eigenvalue weighted by molar-refractivity contribution is -0.0641. The Kier molecular flexibility index (Phi) is 7.19. The standard InChI is InChI=1S/C13H22Cl2O4/c14-6-10-8-16-12(18-10)4-2-1-3-5-13-17-9-11(7-15)19-13/h10-13H,1-9H2. The van der Waals surface area contributed by atoms with Crippen LogP contribution < -0.4 is 0 Å². The molecule has 19 heavy (non-hydrogen) atoms. The predicted molar refractivity (Wildman–Crippen MR) is 73.8 cm³/mol. The molecule has 4 nitrogen and oxygen atoms in total. The summed E-state index contributed by atoms with van der Waals surface area (Å²) in [6, 6.07) is 0. The second-order valence-electron chi connectivity index (χ2n) is 4.99. The SMILES string of the molecule is ClCC1COC(CCCCCC2OCC(CCl)O2)O1. The Morgan fingerprint density at radius 3 is 1.58 bits per heavy atom. The van der Waals surface area contributed by atoms with Crippen molar-refractivity contribution in [3.05, 3.63) is 0 Å². The summed E-state index contributed by atoms with van der Waals surface area (Å²) in [6.07, 6.45) is 5.18. The highest BCUT2D eigenvalue weighted by atomic mass is 35.5. The first-order valence-electron chi connectivity index (χ1n) is 6.98. The molecule has 0 amide bonds. The van der Waals surface area contributed by atoms with E-state index in [2.05, 4.69) is 0 Å². The van der Waals surface area contributed by atoms with Gasteiger partial charge in [-0.05, 0) is 25.7 Å². The van der Waals surface area contributed by atoms with Crippen molar-refractivity contribution >= 4 is 23.2 Å². The molecular formula is C13H22Cl2O4. The van der Waals surface area contributed by atoms with Crippen LogP contribution in [0.4, 0.5) is 0 Å². The van der Waals surface area contributed by atoms with Gasteiger partial charge in [0.25, 0.3) is 0 Å². The summed E-state index contributed by atoms with van der Waals surface area (Å²) in [4.78, 5) is 0. The second-order valence-corrected chi connectivity index (χ2v) is 5.61. The number of hydrogen-bond acceptors (Lipinski definition) is 4. The first-order chi connectivity index (χ1) is 9.31. The number of halogens is 2. The molecule has 0 radical (unpaired) electrons. The molecule has 2 rings (SSSR count). The van der Waals surface area contributed by atoms with E-state index in [0.29, 0.717) is 25.0 Å². The Bertz CT molecular complexity index is 231. The quantitative estimate of drug-likeness (QED) is 0.510. The average molecular weight is 313 g/mol. The van der Waals surface area contributed by atoms with Crippen LogP contribution in [-0.4, -0.2) is 49.8 Å². The van der Waals surface area contributed by atoms with E-state index in [1.165, 1.54) is 0 Å². The summed E-state index contributed by atoms with van der Waals surface area (Å²) in [6.45, 7) is 1.25. The number of hydrogen-bond donors (Lipinski definition) is 0. The molecule has 0 aliphatic carbocycles. The third kappa shape index (κ3) is 5.37. The minimum Gasteiger partial charge on any atom is -0.350 e. The van der Waals surface area contributed by atoms with E-state index in [1.54, 1.807) is 0 Å². The molecule has 0 bridgehead atoms. The van der Waals surface area contributed by atoms with Crippen molar-refractivity contribution in [1.82, 2.24) is 0 Å². The number of ether oxygens (including phenoxy) is 4. The van der Waals surface area contributed by atoms with Crippen LogP contribution in [0.5, 0.6) is 0 Å². The van der Waals surface area contributed by atoms with Crippen LogP contribution in [0, 0.1) is 0 Å². The highest BCUT2D eigenvalue weighted by Gasteiger charge is 2.26. The molecule has 0 aromatic carbocycles. The van der Waals surface area contributed by atoms with Crippen LogP contribution in [0.3, 0.4) is 0 Å². The molecule has 0 N–H and O–H groups in total. The number of unbranched alkanes of at least 4 members (excludes halogenated alkanes) is 2. The lowest BCUT2D eigenvalue weighted by atomic mass is 10.1. The third-order valence-electron chi connectivity index (χ3n) is 3.35. The molecule has 4 unspecified atom stereocenters. The molecule has 2 aliphatic heterocycles. The molecule has 2 fully saturated rings. The van der Waals surface area contributed by atoms with Gasteiger partial charge in [-0.25, -0.2) is 0 Å². The zero-order valence-electron chi connectivity index (χ0n) is 11.1. The maximum atomic E-state index is 5.71. The van der Waals surface area contributed by atoms with Crippen molar-refractivity contribution in [3.8, 4) is 0 Å². The molecule has 6 heteroatoms. The zero-order chi connectivity index (χ0) is 13.5. The Labute approximate surface area is 124 Å². The van der Waals surface area contributed by atoms with Crippen LogP contribution in [0.25, 0.3) is 0 Å². The number of rotatable bonds is 8. The molecule has 2 saturated heterocycles. The molecule has 2 aliphatic rings. The minimum absolute atomic E-state index is 0.0663. The average Bonchev–Trinajstić information content (AvgIpc) is 3.06. The first kappa shape index (κ1) is 15.8. The Balaban J connectivity index is 1.45. The normalized spacial score (nSPS) is 35.1. The van der Waals surface area contributed by atoms with Crippen molar-refractivity contribution in [2.75, 3.05) is 25.0 Å². The van der Waals surface area contributed by atoms with E-state index in [9.17, 15) is 0 Å². The molecular weight excluding hydrogens is 291 g/mol. The highest BCUT2D eigenvalue weighted by molar-refractivity contribution is 6.18. The van der Waals surface area contributed by atoms with Gasteiger partial charge in [0.15, 0.2) is 12.6 Å². The van der Waals surface area contributed by atoms with Crippen LogP contribution in [0.2, 0.25) is 0 Å². The monoisotopic (exact) mass is 312 g/mol.